The molecule has 0 N–H and O–H groups in total. The van der Waals surface area contributed by atoms with Crippen molar-refractivity contribution in [1.82, 2.24) is 14.6 Å². The highest BCUT2D eigenvalue weighted by Crippen LogP contribution is 2.01. The maximum Gasteiger partial charge on any atom is 0.154 e. The van der Waals surface area contributed by atoms with Crippen molar-refractivity contribution in [3.8, 4) is 11.8 Å². The average molecular weight is 233 g/mol. The van der Waals surface area contributed by atoms with Crippen molar-refractivity contribution < 1.29 is 0 Å². The number of nitrogens with zero attached hydrogens (tertiary/aromatic N) is 3. The molecule has 0 spiro atoms. The van der Waals surface area contributed by atoms with Gasteiger partial charge >= 0.3 is 0 Å². The predicted molar refractivity (Wildman–Crippen MR) is 70.0 cm³/mol. The third-order valence-electron chi connectivity index (χ3n) is 2.61. The van der Waals surface area contributed by atoms with Gasteiger partial charge in [-0.05, 0) is 5.56 Å². The smallest absolute Gasteiger partial charge is 0.154 e. The van der Waals surface area contributed by atoms with Crippen LogP contribution in [0, 0.1) is 11.8 Å². The number of hydrogen-bond donors (Lipinski definition) is 0. The summed E-state index contributed by atoms with van der Waals surface area (Å²) in [5, 5.41) is 4.13. The van der Waals surface area contributed by atoms with Crippen LogP contribution in [0.15, 0.2) is 55.0 Å². The maximum absolute atomic E-state index is 4.26. The molecular formula is C15H11N3. The van der Waals surface area contributed by atoms with Gasteiger partial charge in [0.25, 0.3) is 0 Å². The van der Waals surface area contributed by atoms with Crippen molar-refractivity contribution in [2.45, 2.75) is 6.42 Å². The third-order valence-corrected chi connectivity index (χ3v) is 2.61. The molecule has 0 saturated heterocycles. The van der Waals surface area contributed by atoms with Crippen LogP contribution in [0.3, 0.4) is 0 Å². The number of hydrogen-bond acceptors (Lipinski definition) is 2. The van der Waals surface area contributed by atoms with Crippen molar-refractivity contribution in [3.05, 3.63) is 66.1 Å². The average Bonchev–Trinajstić information content (AvgIpc) is 2.87. The summed E-state index contributed by atoms with van der Waals surface area (Å²) in [4.78, 5) is 4.26. The predicted octanol–water partition coefficient (Wildman–Crippen LogP) is 2.32. The van der Waals surface area contributed by atoms with Crippen molar-refractivity contribution in [2.24, 2.45) is 0 Å². The van der Waals surface area contributed by atoms with E-state index < -0.39 is 0 Å². The molecule has 0 aliphatic rings. The summed E-state index contributed by atoms with van der Waals surface area (Å²) in [7, 11) is 0. The molecule has 2 heterocycles. The van der Waals surface area contributed by atoms with Gasteiger partial charge in [-0.25, -0.2) is 9.50 Å². The molecule has 3 rings (SSSR count). The van der Waals surface area contributed by atoms with E-state index in [9.17, 15) is 0 Å². The highest BCUT2D eigenvalue weighted by Gasteiger charge is 1.94. The van der Waals surface area contributed by atoms with Gasteiger partial charge in [-0.1, -0.05) is 42.2 Å². The van der Waals surface area contributed by atoms with E-state index in [2.05, 4.69) is 34.1 Å². The molecule has 0 amide bonds. The largest absolute Gasteiger partial charge is 0.236 e. The van der Waals surface area contributed by atoms with E-state index in [1.165, 1.54) is 5.56 Å². The van der Waals surface area contributed by atoms with Gasteiger partial charge in [0.2, 0.25) is 0 Å². The molecule has 0 aliphatic heterocycles. The number of aromatic nitrogens is 3. The van der Waals surface area contributed by atoms with Crippen LogP contribution in [0.5, 0.6) is 0 Å². The van der Waals surface area contributed by atoms with Crippen LogP contribution in [0.2, 0.25) is 0 Å². The van der Waals surface area contributed by atoms with Gasteiger partial charge in [-0.2, -0.15) is 5.10 Å². The molecule has 3 nitrogen and oxygen atoms in total. The number of fused-ring (bicyclic) bond motifs is 1. The lowest BCUT2D eigenvalue weighted by molar-refractivity contribution is 0.935. The maximum atomic E-state index is 4.26. The van der Waals surface area contributed by atoms with E-state index in [1.54, 1.807) is 16.9 Å². The van der Waals surface area contributed by atoms with Gasteiger partial charge in [0.05, 0.1) is 11.8 Å². The highest BCUT2D eigenvalue weighted by atomic mass is 15.2. The fourth-order valence-corrected chi connectivity index (χ4v) is 1.72. The van der Waals surface area contributed by atoms with Crippen molar-refractivity contribution >= 4 is 5.65 Å². The van der Waals surface area contributed by atoms with Crippen LogP contribution in [-0.2, 0) is 6.42 Å². The molecule has 0 unspecified atom stereocenters. The topological polar surface area (TPSA) is 30.2 Å². The second-order valence-electron chi connectivity index (χ2n) is 3.94. The van der Waals surface area contributed by atoms with Crippen LogP contribution in [0.1, 0.15) is 11.1 Å². The van der Waals surface area contributed by atoms with Crippen molar-refractivity contribution in [1.29, 1.82) is 0 Å². The van der Waals surface area contributed by atoms with Gasteiger partial charge in [-0.3, -0.25) is 0 Å². The lowest BCUT2D eigenvalue weighted by Gasteiger charge is -1.93. The molecule has 86 valence electrons. The Hall–Kier alpha value is -2.60. The molecule has 0 fully saturated rings. The highest BCUT2D eigenvalue weighted by molar-refractivity contribution is 5.40. The summed E-state index contributed by atoms with van der Waals surface area (Å²) >= 11 is 0. The van der Waals surface area contributed by atoms with Crippen molar-refractivity contribution in [2.75, 3.05) is 0 Å². The molecule has 3 heteroatoms. The Morgan fingerprint density at radius 2 is 2.00 bits per heavy atom. The summed E-state index contributed by atoms with van der Waals surface area (Å²) in [6.07, 6.45) is 6.14. The molecule has 0 atom stereocenters. The molecule has 0 saturated carbocycles. The first-order valence-electron chi connectivity index (χ1n) is 5.74. The van der Waals surface area contributed by atoms with Gasteiger partial charge in [0, 0.05) is 24.9 Å². The van der Waals surface area contributed by atoms with Gasteiger partial charge in [0.15, 0.2) is 5.65 Å². The van der Waals surface area contributed by atoms with Crippen LogP contribution in [-0.4, -0.2) is 14.6 Å². The lowest BCUT2D eigenvalue weighted by atomic mass is 10.1. The summed E-state index contributed by atoms with van der Waals surface area (Å²) in [6.45, 7) is 0. The van der Waals surface area contributed by atoms with E-state index in [0.717, 1.165) is 17.6 Å². The minimum atomic E-state index is 0.748. The molecule has 1 aromatic carbocycles. The summed E-state index contributed by atoms with van der Waals surface area (Å²) in [5.41, 5.74) is 2.93. The molecule has 3 aromatic rings. The second kappa shape index (κ2) is 4.72. The summed E-state index contributed by atoms with van der Waals surface area (Å²) < 4.78 is 1.73. The fraction of sp³-hybridized carbons (Fsp3) is 0.0667. The summed E-state index contributed by atoms with van der Waals surface area (Å²) in [6, 6.07) is 12.1. The molecule has 18 heavy (non-hydrogen) atoms. The number of benzene rings is 1. The first kappa shape index (κ1) is 10.5. The zero-order valence-electron chi connectivity index (χ0n) is 9.74. The normalized spacial score (nSPS) is 10.0. The van der Waals surface area contributed by atoms with E-state index in [4.69, 9.17) is 0 Å². The minimum absolute atomic E-state index is 0.748. The van der Waals surface area contributed by atoms with Gasteiger partial charge in [0.1, 0.15) is 0 Å². The van der Waals surface area contributed by atoms with Crippen LogP contribution in [0.4, 0.5) is 0 Å². The monoisotopic (exact) mass is 233 g/mol. The second-order valence-corrected chi connectivity index (χ2v) is 3.94. The van der Waals surface area contributed by atoms with Gasteiger partial charge in [-0.15, -0.1) is 0 Å². The third kappa shape index (κ3) is 2.23. The molecule has 0 bridgehead atoms. The Morgan fingerprint density at radius 1 is 1.11 bits per heavy atom. The molecular weight excluding hydrogens is 222 g/mol. The van der Waals surface area contributed by atoms with Crippen LogP contribution in [0.25, 0.3) is 5.65 Å². The van der Waals surface area contributed by atoms with Crippen LogP contribution < -0.4 is 0 Å². The Balaban J connectivity index is 1.80. The quantitative estimate of drug-likeness (QED) is 0.604. The Labute approximate surface area is 105 Å². The SMILES string of the molecule is C(#Cc1cnc2ccnn2c1)Cc1ccccc1. The Morgan fingerprint density at radius 3 is 2.89 bits per heavy atom. The summed E-state index contributed by atoms with van der Waals surface area (Å²) in [5.74, 6) is 6.25. The van der Waals surface area contributed by atoms with E-state index in [0.29, 0.717) is 0 Å². The lowest BCUT2D eigenvalue weighted by Crippen LogP contribution is -1.91. The fourth-order valence-electron chi connectivity index (χ4n) is 1.72. The van der Waals surface area contributed by atoms with Crippen LogP contribution >= 0.6 is 0 Å². The molecule has 2 aromatic heterocycles. The molecule has 0 radical (unpaired) electrons. The Kier molecular flexibility index (Phi) is 2.77. The van der Waals surface area contributed by atoms with Crippen molar-refractivity contribution in [3.63, 3.8) is 0 Å². The number of rotatable bonds is 1. The first-order valence-corrected chi connectivity index (χ1v) is 5.74. The van der Waals surface area contributed by atoms with E-state index >= 15 is 0 Å². The molecule has 0 aliphatic carbocycles. The first-order chi connectivity index (χ1) is 8.92. The van der Waals surface area contributed by atoms with Gasteiger partial charge < -0.3 is 0 Å². The van der Waals surface area contributed by atoms with E-state index in [1.807, 2.05) is 30.5 Å². The minimum Gasteiger partial charge on any atom is -0.236 e. The standard InChI is InChI=1S/C15H11N3/c1-2-5-13(6-3-1)7-4-8-14-11-16-15-9-10-17-18(15)12-14/h1-3,5-6,9-12H,7H2. The zero-order chi connectivity index (χ0) is 12.2. The van der Waals surface area contributed by atoms with E-state index in [-0.39, 0.29) is 0 Å². The zero-order valence-corrected chi connectivity index (χ0v) is 9.74. The Bertz CT molecular complexity index is 717.